The Bertz CT molecular complexity index is 738. The van der Waals surface area contributed by atoms with Gasteiger partial charge in [0.2, 0.25) is 0 Å². The fourth-order valence-electron chi connectivity index (χ4n) is 2.09. The van der Waals surface area contributed by atoms with Gasteiger partial charge in [0.1, 0.15) is 0 Å². The monoisotopic (exact) mass is 298 g/mol. The van der Waals surface area contributed by atoms with Crippen LogP contribution in [0.25, 0.3) is 10.9 Å². The van der Waals surface area contributed by atoms with Gasteiger partial charge in [-0.25, -0.2) is 4.79 Å². The molecule has 0 aliphatic carbocycles. The number of aryl methyl sites for hydroxylation is 2. The highest BCUT2D eigenvalue weighted by Crippen LogP contribution is 2.20. The maximum atomic E-state index is 12.3. The normalized spacial score (nSPS) is 10.3. The summed E-state index contributed by atoms with van der Waals surface area (Å²) in [5, 5.41) is 3.27. The molecule has 114 valence electrons. The quantitative estimate of drug-likeness (QED) is 0.679. The molecule has 0 aliphatic rings. The van der Waals surface area contributed by atoms with Crippen LogP contribution in [-0.4, -0.2) is 30.0 Å². The van der Waals surface area contributed by atoms with E-state index in [1.54, 1.807) is 12.1 Å². The van der Waals surface area contributed by atoms with Crippen molar-refractivity contribution in [2.75, 3.05) is 13.2 Å². The zero-order valence-electron chi connectivity index (χ0n) is 12.7. The lowest BCUT2D eigenvalue weighted by atomic mass is 10.1. The van der Waals surface area contributed by atoms with Gasteiger partial charge in [-0.3, -0.25) is 9.78 Å². The van der Waals surface area contributed by atoms with E-state index in [9.17, 15) is 9.59 Å². The Hall–Kier alpha value is -2.69. The Morgan fingerprint density at radius 3 is 2.82 bits per heavy atom. The molecule has 0 saturated carbocycles. The summed E-state index contributed by atoms with van der Waals surface area (Å²) in [5.41, 5.74) is 2.90. The topological polar surface area (TPSA) is 68.3 Å². The van der Waals surface area contributed by atoms with Gasteiger partial charge in [0.05, 0.1) is 11.1 Å². The maximum Gasteiger partial charge on any atom is 0.339 e. The average molecular weight is 298 g/mol. The van der Waals surface area contributed by atoms with Crippen LogP contribution in [0.15, 0.2) is 36.9 Å². The van der Waals surface area contributed by atoms with Crippen molar-refractivity contribution >= 4 is 22.8 Å². The number of esters is 1. The van der Waals surface area contributed by atoms with Crippen molar-refractivity contribution in [2.45, 2.75) is 13.8 Å². The second-order valence-corrected chi connectivity index (χ2v) is 5.00. The van der Waals surface area contributed by atoms with Crippen LogP contribution in [0.2, 0.25) is 0 Å². The van der Waals surface area contributed by atoms with E-state index in [4.69, 9.17) is 4.74 Å². The van der Waals surface area contributed by atoms with Crippen LogP contribution in [-0.2, 0) is 9.53 Å². The highest BCUT2D eigenvalue weighted by molar-refractivity contribution is 6.04. The van der Waals surface area contributed by atoms with Crippen molar-refractivity contribution in [3.63, 3.8) is 0 Å². The summed E-state index contributed by atoms with van der Waals surface area (Å²) in [4.78, 5) is 28.1. The Kier molecular flexibility index (Phi) is 4.88. The average Bonchev–Trinajstić information content (AvgIpc) is 2.50. The van der Waals surface area contributed by atoms with E-state index in [0.29, 0.717) is 12.1 Å². The minimum atomic E-state index is -0.533. The smallest absolute Gasteiger partial charge is 0.339 e. The van der Waals surface area contributed by atoms with E-state index in [1.807, 2.05) is 32.0 Å². The van der Waals surface area contributed by atoms with Crippen molar-refractivity contribution in [1.29, 1.82) is 0 Å². The molecule has 2 rings (SSSR count). The number of hydrogen-bond donors (Lipinski definition) is 1. The number of carbonyl (C=O) groups is 2. The van der Waals surface area contributed by atoms with Crippen LogP contribution < -0.4 is 5.32 Å². The molecule has 5 nitrogen and oxygen atoms in total. The largest absolute Gasteiger partial charge is 0.452 e. The number of benzene rings is 1. The fourth-order valence-corrected chi connectivity index (χ4v) is 2.09. The van der Waals surface area contributed by atoms with Gasteiger partial charge in [-0.1, -0.05) is 17.7 Å². The van der Waals surface area contributed by atoms with Crippen molar-refractivity contribution in [3.8, 4) is 0 Å². The molecule has 2 aromatic rings. The Labute approximate surface area is 129 Å². The fraction of sp³-hybridized carbons (Fsp3) is 0.235. The first-order valence-corrected chi connectivity index (χ1v) is 6.94. The van der Waals surface area contributed by atoms with E-state index in [0.717, 1.165) is 22.2 Å². The van der Waals surface area contributed by atoms with E-state index in [1.165, 1.54) is 0 Å². The molecule has 0 spiro atoms. The third kappa shape index (κ3) is 3.69. The van der Waals surface area contributed by atoms with Crippen molar-refractivity contribution in [3.05, 3.63) is 53.7 Å². The van der Waals surface area contributed by atoms with Gasteiger partial charge < -0.3 is 10.1 Å². The van der Waals surface area contributed by atoms with E-state index in [-0.39, 0.29) is 12.5 Å². The number of rotatable bonds is 5. The number of hydrogen-bond acceptors (Lipinski definition) is 4. The lowest BCUT2D eigenvalue weighted by molar-refractivity contribution is -0.124. The lowest BCUT2D eigenvalue weighted by Gasteiger charge is -2.09. The van der Waals surface area contributed by atoms with E-state index >= 15 is 0 Å². The molecule has 1 amide bonds. The van der Waals surface area contributed by atoms with Gasteiger partial charge in [0.25, 0.3) is 5.91 Å². The van der Waals surface area contributed by atoms with Crippen LogP contribution in [0.5, 0.6) is 0 Å². The van der Waals surface area contributed by atoms with Crippen LogP contribution in [0.1, 0.15) is 21.6 Å². The Morgan fingerprint density at radius 1 is 1.32 bits per heavy atom. The first kappa shape index (κ1) is 15.7. The third-order valence-electron chi connectivity index (χ3n) is 3.09. The Morgan fingerprint density at radius 2 is 2.09 bits per heavy atom. The molecule has 0 radical (unpaired) electrons. The molecule has 5 heteroatoms. The second kappa shape index (κ2) is 6.85. The SMILES string of the molecule is C=CCNC(=O)COC(=O)c1cc(C)nc2ccc(C)cc12. The number of nitrogens with zero attached hydrogens (tertiary/aromatic N) is 1. The van der Waals surface area contributed by atoms with E-state index < -0.39 is 5.97 Å². The summed E-state index contributed by atoms with van der Waals surface area (Å²) < 4.78 is 5.08. The molecule has 1 heterocycles. The minimum Gasteiger partial charge on any atom is -0.452 e. The molecule has 1 N–H and O–H groups in total. The summed E-state index contributed by atoms with van der Waals surface area (Å²) in [6.45, 7) is 7.27. The number of fused-ring (bicyclic) bond motifs is 1. The highest BCUT2D eigenvalue weighted by atomic mass is 16.5. The molecule has 1 aromatic carbocycles. The molecule has 0 bridgehead atoms. The first-order valence-electron chi connectivity index (χ1n) is 6.94. The number of pyridine rings is 1. The first-order chi connectivity index (χ1) is 10.5. The van der Waals surface area contributed by atoms with Gasteiger partial charge in [0, 0.05) is 17.6 Å². The zero-order valence-corrected chi connectivity index (χ0v) is 12.7. The Balaban J connectivity index is 2.22. The number of carbonyl (C=O) groups excluding carboxylic acids is 2. The predicted molar refractivity (Wildman–Crippen MR) is 84.7 cm³/mol. The zero-order chi connectivity index (χ0) is 16.1. The van der Waals surface area contributed by atoms with Crippen molar-refractivity contribution in [2.24, 2.45) is 0 Å². The van der Waals surface area contributed by atoms with Gasteiger partial charge in [-0.05, 0) is 32.0 Å². The van der Waals surface area contributed by atoms with Gasteiger partial charge in [0.15, 0.2) is 6.61 Å². The minimum absolute atomic E-state index is 0.318. The van der Waals surface area contributed by atoms with Gasteiger partial charge in [-0.15, -0.1) is 6.58 Å². The van der Waals surface area contributed by atoms with Crippen LogP contribution in [0.3, 0.4) is 0 Å². The molecular formula is C17H18N2O3. The third-order valence-corrected chi connectivity index (χ3v) is 3.09. The summed E-state index contributed by atoms with van der Waals surface area (Å²) >= 11 is 0. The standard InChI is InChI=1S/C17H18N2O3/c1-4-7-18-16(20)10-22-17(21)14-9-12(3)19-15-6-5-11(2)8-13(14)15/h4-6,8-9H,1,7,10H2,2-3H3,(H,18,20). The lowest BCUT2D eigenvalue weighted by Crippen LogP contribution is -2.28. The molecular weight excluding hydrogens is 280 g/mol. The van der Waals surface area contributed by atoms with E-state index in [2.05, 4.69) is 16.9 Å². The number of nitrogens with one attached hydrogen (secondary N) is 1. The number of amides is 1. The van der Waals surface area contributed by atoms with Gasteiger partial charge >= 0.3 is 5.97 Å². The van der Waals surface area contributed by atoms with Crippen LogP contribution in [0.4, 0.5) is 0 Å². The molecule has 0 atom stereocenters. The van der Waals surface area contributed by atoms with Crippen molar-refractivity contribution < 1.29 is 14.3 Å². The van der Waals surface area contributed by atoms with Crippen LogP contribution >= 0.6 is 0 Å². The highest BCUT2D eigenvalue weighted by Gasteiger charge is 2.15. The maximum absolute atomic E-state index is 12.3. The summed E-state index contributed by atoms with van der Waals surface area (Å²) in [6, 6.07) is 7.36. The number of ether oxygens (including phenoxy) is 1. The van der Waals surface area contributed by atoms with Crippen molar-refractivity contribution in [1.82, 2.24) is 10.3 Å². The molecule has 1 aromatic heterocycles. The molecule has 0 aliphatic heterocycles. The number of aromatic nitrogens is 1. The molecule has 0 saturated heterocycles. The molecule has 22 heavy (non-hydrogen) atoms. The summed E-state index contributed by atoms with van der Waals surface area (Å²) in [7, 11) is 0. The predicted octanol–water partition coefficient (Wildman–Crippen LogP) is 2.31. The summed E-state index contributed by atoms with van der Waals surface area (Å²) in [5.74, 6) is -0.894. The second-order valence-electron chi connectivity index (χ2n) is 5.00. The molecule has 0 unspecified atom stereocenters. The molecule has 0 fully saturated rings. The summed E-state index contributed by atoms with van der Waals surface area (Å²) in [6.07, 6.45) is 1.56. The van der Waals surface area contributed by atoms with Gasteiger partial charge in [-0.2, -0.15) is 0 Å². The van der Waals surface area contributed by atoms with Crippen LogP contribution in [0, 0.1) is 13.8 Å².